The highest BCUT2D eigenvalue weighted by atomic mass is 16.6. The fraction of sp³-hybridized carbons (Fsp3) is 0.733. The minimum atomic E-state index is -0.595. The van der Waals surface area contributed by atoms with Gasteiger partial charge in [-0.05, 0) is 39.5 Å². The third-order valence-electron chi connectivity index (χ3n) is 3.43. The molecule has 1 aliphatic heterocycles. The highest BCUT2D eigenvalue weighted by molar-refractivity contribution is 5.82. The van der Waals surface area contributed by atoms with Gasteiger partial charge in [-0.15, -0.1) is 6.58 Å². The van der Waals surface area contributed by atoms with Gasteiger partial charge in [0.2, 0.25) is 0 Å². The Morgan fingerprint density at radius 3 is 2.45 bits per heavy atom. The van der Waals surface area contributed by atoms with Gasteiger partial charge in [0.15, 0.2) is 0 Å². The van der Waals surface area contributed by atoms with E-state index >= 15 is 0 Å². The number of carbonyl (C=O) groups excluding carboxylic acids is 2. The second-order valence-corrected chi connectivity index (χ2v) is 6.23. The molecule has 0 aromatic carbocycles. The van der Waals surface area contributed by atoms with Crippen LogP contribution in [0.5, 0.6) is 0 Å². The lowest BCUT2D eigenvalue weighted by atomic mass is 9.99. The molecular weight excluding hydrogens is 258 g/mol. The zero-order valence-electron chi connectivity index (χ0n) is 13.0. The van der Waals surface area contributed by atoms with E-state index in [0.717, 1.165) is 0 Å². The van der Waals surface area contributed by atoms with Crippen molar-refractivity contribution < 1.29 is 19.1 Å². The maximum atomic E-state index is 12.4. The second kappa shape index (κ2) is 6.29. The molecule has 0 aromatic heterocycles. The zero-order valence-corrected chi connectivity index (χ0v) is 13.0. The maximum absolute atomic E-state index is 12.4. The molecule has 1 amide bonds. The van der Waals surface area contributed by atoms with E-state index in [1.807, 2.05) is 6.92 Å². The molecular formula is C15H25NO4. The van der Waals surface area contributed by atoms with Crippen LogP contribution in [0.4, 0.5) is 4.79 Å². The Balaban J connectivity index is 3.00. The molecule has 0 saturated carbocycles. The zero-order chi connectivity index (χ0) is 15.5. The maximum Gasteiger partial charge on any atom is 0.411 e. The van der Waals surface area contributed by atoms with Crippen molar-refractivity contribution in [3.8, 4) is 0 Å². The first-order valence-electron chi connectivity index (χ1n) is 6.91. The van der Waals surface area contributed by atoms with Crippen molar-refractivity contribution >= 4 is 12.1 Å². The van der Waals surface area contributed by atoms with Crippen molar-refractivity contribution in [1.29, 1.82) is 0 Å². The van der Waals surface area contributed by atoms with Gasteiger partial charge in [-0.25, -0.2) is 9.59 Å². The van der Waals surface area contributed by atoms with E-state index in [2.05, 4.69) is 6.58 Å². The lowest BCUT2D eigenvalue weighted by molar-refractivity contribution is -0.146. The molecule has 0 N–H and O–H groups in total. The molecule has 3 atom stereocenters. The van der Waals surface area contributed by atoms with Gasteiger partial charge in [0, 0.05) is 6.04 Å². The van der Waals surface area contributed by atoms with Gasteiger partial charge < -0.3 is 9.47 Å². The van der Waals surface area contributed by atoms with Crippen LogP contribution in [0.2, 0.25) is 0 Å². The Morgan fingerprint density at radius 1 is 1.40 bits per heavy atom. The van der Waals surface area contributed by atoms with E-state index in [1.54, 1.807) is 26.8 Å². The topological polar surface area (TPSA) is 55.8 Å². The Kier molecular flexibility index (Phi) is 5.20. The largest absolute Gasteiger partial charge is 0.467 e. The van der Waals surface area contributed by atoms with Crippen LogP contribution in [0.15, 0.2) is 12.7 Å². The molecule has 0 bridgehead atoms. The Hall–Kier alpha value is -1.52. The normalized spacial score (nSPS) is 26.2. The Labute approximate surface area is 120 Å². The van der Waals surface area contributed by atoms with E-state index in [9.17, 15) is 9.59 Å². The lowest BCUT2D eigenvalue weighted by Crippen LogP contribution is -2.47. The first-order chi connectivity index (χ1) is 9.21. The quantitative estimate of drug-likeness (QED) is 0.590. The molecule has 114 valence electrons. The average Bonchev–Trinajstić information content (AvgIpc) is 2.64. The van der Waals surface area contributed by atoms with Crippen molar-refractivity contribution in [1.82, 2.24) is 4.90 Å². The molecule has 0 aliphatic carbocycles. The number of rotatable bonds is 3. The highest BCUT2D eigenvalue weighted by Crippen LogP contribution is 2.33. The van der Waals surface area contributed by atoms with E-state index in [4.69, 9.17) is 9.47 Å². The monoisotopic (exact) mass is 283 g/mol. The van der Waals surface area contributed by atoms with Gasteiger partial charge in [-0.3, -0.25) is 4.90 Å². The van der Waals surface area contributed by atoms with Crippen molar-refractivity contribution in [2.75, 3.05) is 7.11 Å². The molecule has 1 rings (SSSR count). The minimum absolute atomic E-state index is 0.0774. The standard InChI is InChI=1S/C15H25NO4/c1-7-8-11-10(2)9-12(13(17)19-6)16(11)14(18)20-15(3,4)5/h7,10-12H,1,8-9H2,2-6H3/t10-,11+,12-/m1/s1. The summed E-state index contributed by atoms with van der Waals surface area (Å²) >= 11 is 0. The third-order valence-corrected chi connectivity index (χ3v) is 3.43. The van der Waals surface area contributed by atoms with Crippen LogP contribution in [0.3, 0.4) is 0 Å². The first-order valence-corrected chi connectivity index (χ1v) is 6.91. The van der Waals surface area contributed by atoms with E-state index in [1.165, 1.54) is 12.0 Å². The summed E-state index contributed by atoms with van der Waals surface area (Å²) in [6.07, 6.45) is 2.51. The van der Waals surface area contributed by atoms with Crippen LogP contribution in [0.1, 0.15) is 40.5 Å². The smallest absolute Gasteiger partial charge is 0.411 e. The van der Waals surface area contributed by atoms with Crippen molar-refractivity contribution in [2.24, 2.45) is 5.92 Å². The summed E-state index contributed by atoms with van der Waals surface area (Å²) in [4.78, 5) is 25.8. The number of ether oxygens (including phenoxy) is 2. The predicted octanol–water partition coefficient (Wildman–Crippen LogP) is 2.75. The summed E-state index contributed by atoms with van der Waals surface area (Å²) in [7, 11) is 1.33. The molecule has 1 aliphatic rings. The highest BCUT2D eigenvalue weighted by Gasteiger charge is 2.46. The van der Waals surface area contributed by atoms with Crippen LogP contribution in [0.25, 0.3) is 0 Å². The number of hydrogen-bond donors (Lipinski definition) is 0. The fourth-order valence-electron chi connectivity index (χ4n) is 2.57. The molecule has 1 fully saturated rings. The first kappa shape index (κ1) is 16.5. The predicted molar refractivity (Wildman–Crippen MR) is 76.3 cm³/mol. The van der Waals surface area contributed by atoms with Crippen LogP contribution in [-0.4, -0.2) is 41.8 Å². The van der Waals surface area contributed by atoms with Crippen molar-refractivity contribution in [2.45, 2.75) is 58.2 Å². The van der Waals surface area contributed by atoms with Gasteiger partial charge in [-0.2, -0.15) is 0 Å². The van der Waals surface area contributed by atoms with Crippen molar-refractivity contribution in [3.05, 3.63) is 12.7 Å². The number of hydrogen-bond acceptors (Lipinski definition) is 4. The summed E-state index contributed by atoms with van der Waals surface area (Å²) in [5, 5.41) is 0. The number of methoxy groups -OCH3 is 1. The SMILES string of the molecule is C=CC[C@H]1[C@H](C)C[C@H](C(=O)OC)N1C(=O)OC(C)(C)C. The number of carbonyl (C=O) groups is 2. The molecule has 0 spiro atoms. The molecule has 0 aromatic rings. The summed E-state index contributed by atoms with van der Waals surface area (Å²) in [6.45, 7) is 11.2. The number of amides is 1. The van der Waals surface area contributed by atoms with E-state index < -0.39 is 23.7 Å². The second-order valence-electron chi connectivity index (χ2n) is 6.23. The van der Waals surface area contributed by atoms with Crippen LogP contribution < -0.4 is 0 Å². The molecule has 20 heavy (non-hydrogen) atoms. The van der Waals surface area contributed by atoms with E-state index in [0.29, 0.717) is 12.8 Å². The van der Waals surface area contributed by atoms with E-state index in [-0.39, 0.29) is 12.0 Å². The summed E-state index contributed by atoms with van der Waals surface area (Å²) in [6, 6.07) is -0.652. The summed E-state index contributed by atoms with van der Waals surface area (Å²) < 4.78 is 10.2. The number of esters is 1. The fourth-order valence-corrected chi connectivity index (χ4v) is 2.57. The molecule has 5 heteroatoms. The number of likely N-dealkylation sites (tertiary alicyclic amines) is 1. The lowest BCUT2D eigenvalue weighted by Gasteiger charge is -2.31. The van der Waals surface area contributed by atoms with Crippen LogP contribution in [-0.2, 0) is 14.3 Å². The van der Waals surface area contributed by atoms with Crippen LogP contribution in [0, 0.1) is 5.92 Å². The molecule has 1 heterocycles. The molecule has 5 nitrogen and oxygen atoms in total. The van der Waals surface area contributed by atoms with Gasteiger partial charge in [0.05, 0.1) is 7.11 Å². The van der Waals surface area contributed by atoms with Gasteiger partial charge >= 0.3 is 12.1 Å². The summed E-state index contributed by atoms with van der Waals surface area (Å²) in [5.74, 6) is -0.195. The van der Waals surface area contributed by atoms with Crippen LogP contribution >= 0.6 is 0 Å². The average molecular weight is 283 g/mol. The summed E-state index contributed by atoms with van der Waals surface area (Å²) in [5.41, 5.74) is -0.595. The van der Waals surface area contributed by atoms with Crippen molar-refractivity contribution in [3.63, 3.8) is 0 Å². The van der Waals surface area contributed by atoms with Gasteiger partial charge in [0.25, 0.3) is 0 Å². The third kappa shape index (κ3) is 3.74. The Morgan fingerprint density at radius 2 is 2.00 bits per heavy atom. The molecule has 0 unspecified atom stereocenters. The molecule has 1 saturated heterocycles. The number of nitrogens with zero attached hydrogens (tertiary/aromatic N) is 1. The minimum Gasteiger partial charge on any atom is -0.467 e. The van der Waals surface area contributed by atoms with Gasteiger partial charge in [-0.1, -0.05) is 13.0 Å². The molecule has 0 radical (unpaired) electrons. The van der Waals surface area contributed by atoms with Gasteiger partial charge in [0.1, 0.15) is 11.6 Å². The Bertz CT molecular complexity index is 386.